The molecule has 0 saturated carbocycles. The van der Waals surface area contributed by atoms with Crippen molar-refractivity contribution in [2.75, 3.05) is 5.32 Å². The zero-order valence-corrected chi connectivity index (χ0v) is 17.4. The van der Waals surface area contributed by atoms with Gasteiger partial charge in [-0.1, -0.05) is 41.6 Å². The first kappa shape index (κ1) is 21.8. The number of anilines is 2. The predicted octanol–water partition coefficient (Wildman–Crippen LogP) is 6.50. The molecule has 7 nitrogen and oxygen atoms in total. The molecule has 0 aliphatic rings. The number of nitrogens with zero attached hydrogens (tertiary/aromatic N) is 4. The van der Waals surface area contributed by atoms with E-state index in [1.807, 2.05) is 12.1 Å². The molecule has 0 amide bonds. The minimum absolute atomic E-state index is 0.00987. The van der Waals surface area contributed by atoms with Crippen LogP contribution < -0.4 is 5.32 Å². The lowest BCUT2D eigenvalue weighted by Crippen LogP contribution is -2.07. The van der Waals surface area contributed by atoms with Crippen molar-refractivity contribution in [2.45, 2.75) is 16.1 Å². The summed E-state index contributed by atoms with van der Waals surface area (Å²) < 4.78 is 39.5. The Labute approximate surface area is 187 Å². The van der Waals surface area contributed by atoms with Crippen LogP contribution in [0, 0.1) is 10.1 Å². The van der Waals surface area contributed by atoms with Gasteiger partial charge in [0.15, 0.2) is 5.03 Å². The van der Waals surface area contributed by atoms with Crippen LogP contribution in [-0.2, 0) is 6.18 Å². The Kier molecular flexibility index (Phi) is 5.85. The maximum atomic E-state index is 13.2. The molecular weight excluding hydrogens is 467 g/mol. The first-order chi connectivity index (χ1) is 15.2. The molecule has 0 fully saturated rings. The van der Waals surface area contributed by atoms with E-state index in [0.29, 0.717) is 10.4 Å². The summed E-state index contributed by atoms with van der Waals surface area (Å²) in [6.45, 7) is 0. The van der Waals surface area contributed by atoms with Crippen molar-refractivity contribution < 1.29 is 18.1 Å². The fourth-order valence-corrected chi connectivity index (χ4v) is 4.13. The third-order valence-electron chi connectivity index (χ3n) is 4.31. The normalized spacial score (nSPS) is 11.5. The Morgan fingerprint density at radius 3 is 2.59 bits per heavy atom. The summed E-state index contributed by atoms with van der Waals surface area (Å²) in [6, 6.07) is 12.1. The number of hydrogen-bond acceptors (Lipinski definition) is 7. The molecule has 1 N–H and O–H groups in total. The Hall–Kier alpha value is -3.44. The maximum Gasteiger partial charge on any atom is 0.417 e. The fourth-order valence-electron chi connectivity index (χ4n) is 2.91. The van der Waals surface area contributed by atoms with E-state index in [9.17, 15) is 23.3 Å². The van der Waals surface area contributed by atoms with Gasteiger partial charge in [0.05, 0.1) is 21.0 Å². The molecule has 12 heteroatoms. The number of hydrogen-bond donors (Lipinski definition) is 1. The molecule has 0 bridgehead atoms. The lowest BCUT2D eigenvalue weighted by molar-refractivity contribution is -0.387. The number of pyridine rings is 1. The van der Waals surface area contributed by atoms with Crippen molar-refractivity contribution in [2.24, 2.45) is 0 Å². The molecule has 0 saturated heterocycles. The molecule has 2 aromatic carbocycles. The van der Waals surface area contributed by atoms with Crippen molar-refractivity contribution in [3.8, 4) is 0 Å². The Morgan fingerprint density at radius 1 is 1.06 bits per heavy atom. The van der Waals surface area contributed by atoms with Gasteiger partial charge in [-0.3, -0.25) is 15.1 Å². The summed E-state index contributed by atoms with van der Waals surface area (Å²) in [4.78, 5) is 24.0. The number of para-hydroxylation sites is 1. The van der Waals surface area contributed by atoms with Crippen LogP contribution in [0.15, 0.2) is 71.0 Å². The smallest absolute Gasteiger partial charge is 0.334 e. The molecular formula is C20H11ClF3N5O2S. The number of halogens is 4. The van der Waals surface area contributed by atoms with Gasteiger partial charge in [-0.05, 0) is 30.3 Å². The first-order valence-corrected chi connectivity index (χ1v) is 10.1. The van der Waals surface area contributed by atoms with Gasteiger partial charge >= 0.3 is 11.9 Å². The highest BCUT2D eigenvalue weighted by molar-refractivity contribution is 7.99. The van der Waals surface area contributed by atoms with Gasteiger partial charge in [0, 0.05) is 22.2 Å². The van der Waals surface area contributed by atoms with Crippen LogP contribution in [0.5, 0.6) is 0 Å². The minimum Gasteiger partial charge on any atom is -0.334 e. The average molecular weight is 478 g/mol. The number of alkyl halides is 3. The molecule has 2 aromatic heterocycles. The molecule has 162 valence electrons. The highest BCUT2D eigenvalue weighted by atomic mass is 35.5. The summed E-state index contributed by atoms with van der Waals surface area (Å²) in [5, 5.41) is 14.8. The monoisotopic (exact) mass is 477 g/mol. The molecule has 0 atom stereocenters. The topological polar surface area (TPSA) is 93.8 Å². The van der Waals surface area contributed by atoms with Gasteiger partial charge < -0.3 is 5.32 Å². The number of rotatable bonds is 5. The van der Waals surface area contributed by atoms with E-state index in [-0.39, 0.29) is 16.5 Å². The third kappa shape index (κ3) is 4.43. The van der Waals surface area contributed by atoms with Crippen LogP contribution in [-0.4, -0.2) is 19.9 Å². The van der Waals surface area contributed by atoms with Crippen molar-refractivity contribution in [1.29, 1.82) is 0 Å². The van der Waals surface area contributed by atoms with Crippen LogP contribution in [0.1, 0.15) is 5.56 Å². The quantitative estimate of drug-likeness (QED) is 0.199. The molecule has 0 unspecified atom stereocenters. The van der Waals surface area contributed by atoms with Crippen molar-refractivity contribution >= 4 is 51.5 Å². The van der Waals surface area contributed by atoms with Crippen molar-refractivity contribution in [3.63, 3.8) is 0 Å². The summed E-state index contributed by atoms with van der Waals surface area (Å²) in [5.74, 6) is -0.254. The van der Waals surface area contributed by atoms with Gasteiger partial charge in [0.25, 0.3) is 0 Å². The molecule has 4 aromatic rings. The number of nitrogens with one attached hydrogen (secondary N) is 1. The van der Waals surface area contributed by atoms with Gasteiger partial charge in [-0.15, -0.1) is 0 Å². The van der Waals surface area contributed by atoms with Gasteiger partial charge in [0.1, 0.15) is 6.33 Å². The first-order valence-electron chi connectivity index (χ1n) is 8.89. The van der Waals surface area contributed by atoms with E-state index in [1.54, 1.807) is 24.4 Å². The Morgan fingerprint density at radius 2 is 1.84 bits per heavy atom. The molecule has 2 heterocycles. The second-order valence-corrected chi connectivity index (χ2v) is 7.82. The molecule has 0 spiro atoms. The van der Waals surface area contributed by atoms with E-state index >= 15 is 0 Å². The Bertz CT molecular complexity index is 1330. The molecule has 0 aliphatic carbocycles. The second kappa shape index (κ2) is 8.60. The number of fused-ring (bicyclic) bond motifs is 1. The highest BCUT2D eigenvalue weighted by Crippen LogP contribution is 2.41. The summed E-state index contributed by atoms with van der Waals surface area (Å²) in [7, 11) is 0. The SMILES string of the molecule is O=[N+]([O-])c1c(Nc2ccc(Cl)c(C(F)(F)F)c2)ncnc1Sc1cccc2cccnc12. The van der Waals surface area contributed by atoms with E-state index < -0.39 is 27.4 Å². The predicted molar refractivity (Wildman–Crippen MR) is 114 cm³/mol. The van der Waals surface area contributed by atoms with E-state index in [2.05, 4.69) is 20.3 Å². The number of nitro groups is 1. The van der Waals surface area contributed by atoms with E-state index in [4.69, 9.17) is 11.6 Å². The standard InChI is InChI=1S/C20H11ClF3N5O2S/c21-14-7-6-12(9-13(14)20(22,23)24)28-18-17(29(30)31)19(27-10-26-18)32-15-5-1-3-11-4-2-8-25-16(11)15/h1-10H,(H,26,27,28). The Balaban J connectivity index is 1.74. The van der Waals surface area contributed by atoms with Crippen LogP contribution >= 0.6 is 23.4 Å². The lowest BCUT2D eigenvalue weighted by atomic mass is 10.2. The average Bonchev–Trinajstić information content (AvgIpc) is 2.74. The van der Waals surface area contributed by atoms with Crippen molar-refractivity contribution in [1.82, 2.24) is 15.0 Å². The molecule has 0 aliphatic heterocycles. The zero-order chi connectivity index (χ0) is 22.9. The van der Waals surface area contributed by atoms with Crippen LogP contribution in [0.2, 0.25) is 5.02 Å². The second-order valence-electron chi connectivity index (χ2n) is 6.38. The van der Waals surface area contributed by atoms with E-state index in [0.717, 1.165) is 35.6 Å². The summed E-state index contributed by atoms with van der Waals surface area (Å²) in [5.41, 5.74) is -0.979. The fraction of sp³-hybridized carbons (Fsp3) is 0.0500. The summed E-state index contributed by atoms with van der Waals surface area (Å²) in [6.07, 6.45) is -1.99. The third-order valence-corrected chi connectivity index (χ3v) is 5.68. The van der Waals surface area contributed by atoms with E-state index in [1.165, 1.54) is 6.07 Å². The van der Waals surface area contributed by atoms with Crippen LogP contribution in [0.3, 0.4) is 0 Å². The van der Waals surface area contributed by atoms with Gasteiger partial charge in [-0.25, -0.2) is 9.97 Å². The zero-order valence-electron chi connectivity index (χ0n) is 15.8. The van der Waals surface area contributed by atoms with Gasteiger partial charge in [-0.2, -0.15) is 13.2 Å². The van der Waals surface area contributed by atoms with Gasteiger partial charge in [0.2, 0.25) is 5.82 Å². The highest BCUT2D eigenvalue weighted by Gasteiger charge is 2.33. The number of aromatic nitrogens is 3. The number of benzene rings is 2. The molecule has 0 radical (unpaired) electrons. The summed E-state index contributed by atoms with van der Waals surface area (Å²) >= 11 is 6.65. The largest absolute Gasteiger partial charge is 0.417 e. The van der Waals surface area contributed by atoms with Crippen molar-refractivity contribution in [3.05, 3.63) is 81.8 Å². The molecule has 4 rings (SSSR count). The van der Waals surface area contributed by atoms with Crippen LogP contribution in [0.25, 0.3) is 10.9 Å². The van der Waals surface area contributed by atoms with Crippen LogP contribution in [0.4, 0.5) is 30.4 Å². The molecule has 32 heavy (non-hydrogen) atoms. The minimum atomic E-state index is -4.69. The maximum absolute atomic E-state index is 13.2. The lowest BCUT2D eigenvalue weighted by Gasteiger charge is -2.13.